The van der Waals surface area contributed by atoms with Gasteiger partial charge in [-0.05, 0) is 48.2 Å². The van der Waals surface area contributed by atoms with Crippen molar-refractivity contribution in [2.24, 2.45) is 22.2 Å². The molecule has 0 amide bonds. The molecule has 3 unspecified atom stereocenters. The summed E-state index contributed by atoms with van der Waals surface area (Å²) in [6, 6.07) is 8.49. The van der Waals surface area contributed by atoms with Gasteiger partial charge in [-0.15, -0.1) is 0 Å². The number of ketones is 1. The van der Waals surface area contributed by atoms with Gasteiger partial charge in [-0.3, -0.25) is 4.79 Å². The average molecular weight is 310 g/mol. The lowest BCUT2D eigenvalue weighted by Crippen LogP contribution is -2.32. The van der Waals surface area contributed by atoms with E-state index in [2.05, 4.69) is 71.9 Å². The van der Waals surface area contributed by atoms with Gasteiger partial charge in [0, 0.05) is 11.0 Å². The van der Waals surface area contributed by atoms with E-state index in [0.717, 1.165) is 5.57 Å². The Morgan fingerprint density at radius 2 is 1.70 bits per heavy atom. The van der Waals surface area contributed by atoms with Crippen LogP contribution in [0.15, 0.2) is 29.8 Å². The predicted molar refractivity (Wildman–Crippen MR) is 97.2 cm³/mol. The Balaban J connectivity index is 0.000000485. The lowest BCUT2D eigenvalue weighted by Gasteiger charge is -2.38. The molecule has 1 aromatic rings. The van der Waals surface area contributed by atoms with Crippen LogP contribution in [0.3, 0.4) is 0 Å². The smallest absolute Gasteiger partial charge is 0.166 e. The van der Waals surface area contributed by atoms with E-state index in [9.17, 15) is 4.79 Å². The second-order valence-electron chi connectivity index (χ2n) is 8.36. The molecule has 3 fully saturated rings. The van der Waals surface area contributed by atoms with Gasteiger partial charge < -0.3 is 0 Å². The quantitative estimate of drug-likeness (QED) is 0.597. The number of allylic oxidation sites excluding steroid dienone is 1. The SMILES string of the molecule is CCC.Cc1ccc(/C=C2\C(=O)C3(C)C(C)(C)C34CCC24)cc1. The van der Waals surface area contributed by atoms with Crippen LogP contribution in [0.2, 0.25) is 0 Å². The van der Waals surface area contributed by atoms with Crippen LogP contribution in [0, 0.1) is 29.1 Å². The zero-order valence-electron chi connectivity index (χ0n) is 15.5. The molecule has 0 saturated heterocycles. The Morgan fingerprint density at radius 1 is 1.13 bits per heavy atom. The summed E-state index contributed by atoms with van der Waals surface area (Å²) in [5, 5.41) is 0. The molecule has 0 aromatic heterocycles. The number of Topliss-reactive ketones (excluding diaryl/α,β-unsaturated/α-hetero) is 1. The van der Waals surface area contributed by atoms with Crippen molar-refractivity contribution in [1.29, 1.82) is 0 Å². The van der Waals surface area contributed by atoms with Crippen molar-refractivity contribution in [3.63, 3.8) is 0 Å². The molecular weight excluding hydrogens is 280 g/mol. The van der Waals surface area contributed by atoms with Gasteiger partial charge in [-0.25, -0.2) is 0 Å². The average Bonchev–Trinajstić information content (AvgIpc) is 2.85. The lowest BCUT2D eigenvalue weighted by molar-refractivity contribution is -0.120. The van der Waals surface area contributed by atoms with Crippen molar-refractivity contribution in [2.45, 2.75) is 60.8 Å². The number of hydrogen-bond acceptors (Lipinski definition) is 1. The molecule has 1 aromatic carbocycles. The van der Waals surface area contributed by atoms with Crippen molar-refractivity contribution in [3.8, 4) is 0 Å². The van der Waals surface area contributed by atoms with E-state index in [4.69, 9.17) is 0 Å². The molecule has 0 N–H and O–H groups in total. The van der Waals surface area contributed by atoms with E-state index in [1.165, 1.54) is 30.4 Å². The van der Waals surface area contributed by atoms with Crippen molar-refractivity contribution in [3.05, 3.63) is 41.0 Å². The summed E-state index contributed by atoms with van der Waals surface area (Å²) in [6.45, 7) is 13.1. The fourth-order valence-electron chi connectivity index (χ4n) is 5.52. The molecule has 4 rings (SSSR count). The van der Waals surface area contributed by atoms with Crippen LogP contribution in [0.25, 0.3) is 6.08 Å². The molecule has 1 nitrogen and oxygen atoms in total. The molecule has 23 heavy (non-hydrogen) atoms. The standard InChI is InChI=1S/C19H22O.C3H8/c1-12-5-7-13(8-6-12)11-14-15-9-10-19(15)17(2,3)18(19,4)16(14)20;1-3-2/h5-8,11,15H,9-10H2,1-4H3;3H2,1-2H3/b14-11-;. The van der Waals surface area contributed by atoms with Crippen LogP contribution in [0.1, 0.15) is 65.0 Å². The first kappa shape index (κ1) is 16.5. The number of carbonyl (C=O) groups is 1. The van der Waals surface area contributed by atoms with Crippen LogP contribution in [-0.2, 0) is 4.79 Å². The summed E-state index contributed by atoms with van der Waals surface area (Å²) in [5.74, 6) is 0.932. The zero-order chi connectivity index (χ0) is 17.0. The maximum atomic E-state index is 12.9. The number of benzene rings is 1. The minimum absolute atomic E-state index is 0.0978. The molecule has 3 aliphatic rings. The van der Waals surface area contributed by atoms with Crippen molar-refractivity contribution in [1.82, 2.24) is 0 Å². The Hall–Kier alpha value is -1.37. The third kappa shape index (κ3) is 1.77. The van der Waals surface area contributed by atoms with E-state index >= 15 is 0 Å². The summed E-state index contributed by atoms with van der Waals surface area (Å²) in [6.07, 6.45) is 5.83. The van der Waals surface area contributed by atoms with Crippen LogP contribution >= 0.6 is 0 Å². The number of aryl methyl sites for hydroxylation is 1. The number of carbonyl (C=O) groups excluding carboxylic acids is 1. The van der Waals surface area contributed by atoms with Gasteiger partial charge in [-0.1, -0.05) is 70.9 Å². The third-order valence-corrected chi connectivity index (χ3v) is 7.11. The molecule has 3 atom stereocenters. The van der Waals surface area contributed by atoms with Gasteiger partial charge in [0.1, 0.15) is 0 Å². The Labute approximate surface area is 141 Å². The zero-order valence-corrected chi connectivity index (χ0v) is 15.5. The van der Waals surface area contributed by atoms with E-state index in [1.807, 2.05) is 0 Å². The van der Waals surface area contributed by atoms with Gasteiger partial charge >= 0.3 is 0 Å². The summed E-state index contributed by atoms with van der Waals surface area (Å²) < 4.78 is 0. The van der Waals surface area contributed by atoms with Crippen molar-refractivity contribution in [2.75, 3.05) is 0 Å². The highest BCUT2D eigenvalue weighted by Crippen LogP contribution is 2.92. The lowest BCUT2D eigenvalue weighted by atomic mass is 9.64. The van der Waals surface area contributed by atoms with E-state index in [1.54, 1.807) is 0 Å². The first-order chi connectivity index (χ1) is 10.8. The molecule has 3 aliphatic carbocycles. The molecule has 1 spiro atoms. The maximum absolute atomic E-state index is 12.9. The van der Waals surface area contributed by atoms with E-state index in [-0.39, 0.29) is 16.2 Å². The van der Waals surface area contributed by atoms with Crippen LogP contribution in [-0.4, -0.2) is 5.78 Å². The first-order valence-electron chi connectivity index (χ1n) is 9.11. The van der Waals surface area contributed by atoms with Gasteiger partial charge in [0.25, 0.3) is 0 Å². The molecule has 0 heterocycles. The monoisotopic (exact) mass is 310 g/mol. The van der Waals surface area contributed by atoms with Crippen LogP contribution in [0.5, 0.6) is 0 Å². The van der Waals surface area contributed by atoms with E-state index in [0.29, 0.717) is 11.7 Å². The van der Waals surface area contributed by atoms with Crippen molar-refractivity contribution >= 4 is 11.9 Å². The van der Waals surface area contributed by atoms with Crippen molar-refractivity contribution < 1.29 is 4.79 Å². The number of hydrogen-bond donors (Lipinski definition) is 0. The minimum atomic E-state index is -0.0978. The topological polar surface area (TPSA) is 17.1 Å². The molecule has 0 aliphatic heterocycles. The Kier molecular flexibility index (Phi) is 3.63. The molecule has 3 saturated carbocycles. The molecule has 1 heteroatoms. The van der Waals surface area contributed by atoms with Crippen LogP contribution in [0.4, 0.5) is 0 Å². The molecular formula is C22H30O. The van der Waals surface area contributed by atoms with Crippen LogP contribution < -0.4 is 0 Å². The molecule has 124 valence electrons. The highest BCUT2D eigenvalue weighted by atomic mass is 16.1. The predicted octanol–water partition coefficient (Wildman–Crippen LogP) is 5.82. The molecule has 0 bridgehead atoms. The van der Waals surface area contributed by atoms with Gasteiger partial charge in [-0.2, -0.15) is 0 Å². The van der Waals surface area contributed by atoms with Gasteiger partial charge in [0.15, 0.2) is 5.78 Å². The van der Waals surface area contributed by atoms with Gasteiger partial charge in [0.05, 0.1) is 0 Å². The highest BCUT2D eigenvalue weighted by molar-refractivity contribution is 6.11. The minimum Gasteiger partial charge on any atom is -0.294 e. The van der Waals surface area contributed by atoms with E-state index < -0.39 is 0 Å². The fourth-order valence-corrected chi connectivity index (χ4v) is 5.52. The second-order valence-corrected chi connectivity index (χ2v) is 8.36. The summed E-state index contributed by atoms with van der Waals surface area (Å²) in [7, 11) is 0. The van der Waals surface area contributed by atoms with Gasteiger partial charge in [0.2, 0.25) is 0 Å². The fraction of sp³-hybridized carbons (Fsp3) is 0.591. The summed E-state index contributed by atoms with van der Waals surface area (Å²) >= 11 is 0. The molecule has 0 radical (unpaired) electrons. The normalized spacial score (nSPS) is 37.4. The maximum Gasteiger partial charge on any atom is 0.166 e. The number of rotatable bonds is 1. The second kappa shape index (κ2) is 5.06. The summed E-state index contributed by atoms with van der Waals surface area (Å²) in [5.41, 5.74) is 3.92. The Bertz CT molecular complexity index is 664. The highest BCUT2D eigenvalue weighted by Gasteiger charge is 2.91. The summed E-state index contributed by atoms with van der Waals surface area (Å²) in [4.78, 5) is 12.9. The largest absolute Gasteiger partial charge is 0.294 e. The first-order valence-corrected chi connectivity index (χ1v) is 9.11. The Morgan fingerprint density at radius 3 is 2.13 bits per heavy atom. The third-order valence-electron chi connectivity index (χ3n) is 7.11.